The van der Waals surface area contributed by atoms with Crippen LogP contribution >= 0.6 is 0 Å². The highest BCUT2D eigenvalue weighted by Crippen LogP contribution is 2.05. The van der Waals surface area contributed by atoms with E-state index in [-0.39, 0.29) is 0 Å². The molecule has 0 aliphatic heterocycles. The Kier molecular flexibility index (Phi) is 14.7. The Morgan fingerprint density at radius 1 is 0.500 bits per heavy atom. The molecule has 98 valence electrons. The van der Waals surface area contributed by atoms with Gasteiger partial charge in [-0.2, -0.15) is 0 Å². The molecule has 0 aromatic carbocycles. The van der Waals surface area contributed by atoms with Crippen molar-refractivity contribution in [1.29, 1.82) is 0 Å². The second-order valence-corrected chi connectivity index (χ2v) is 3.92. The smallest absolute Gasteiger partial charge is 0.0588 e. The molecule has 0 bridgehead atoms. The summed E-state index contributed by atoms with van der Waals surface area (Å²) in [7, 11) is 0. The molecule has 0 aromatic rings. The molecule has 0 aliphatic rings. The third-order valence-electron chi connectivity index (χ3n) is 2.35. The maximum absolute atomic E-state index is 5.31. The number of unbranched alkanes of at least 4 members (excludes halogenated alkanes) is 5. The van der Waals surface area contributed by atoms with Gasteiger partial charge in [-0.15, -0.1) is 0 Å². The Morgan fingerprint density at radius 2 is 0.875 bits per heavy atom. The SMILES string of the molecule is NCCOCCCCCCCCOCCN. The van der Waals surface area contributed by atoms with Crippen LogP contribution in [0.3, 0.4) is 0 Å². The Morgan fingerprint density at radius 3 is 1.25 bits per heavy atom. The lowest BCUT2D eigenvalue weighted by molar-refractivity contribution is 0.134. The predicted molar refractivity (Wildman–Crippen MR) is 67.4 cm³/mol. The molecule has 4 N–H and O–H groups in total. The summed E-state index contributed by atoms with van der Waals surface area (Å²) in [4.78, 5) is 0. The summed E-state index contributed by atoms with van der Waals surface area (Å²) in [6.07, 6.45) is 7.42. The van der Waals surface area contributed by atoms with Gasteiger partial charge in [0.25, 0.3) is 0 Å². The average Bonchev–Trinajstić information content (AvgIpc) is 2.31. The molecule has 16 heavy (non-hydrogen) atoms. The molecule has 0 rings (SSSR count). The molecule has 0 saturated heterocycles. The van der Waals surface area contributed by atoms with Crippen molar-refractivity contribution in [3.8, 4) is 0 Å². The normalized spacial score (nSPS) is 10.9. The van der Waals surface area contributed by atoms with E-state index in [0.717, 1.165) is 26.1 Å². The van der Waals surface area contributed by atoms with E-state index in [2.05, 4.69) is 0 Å². The number of hydrogen-bond acceptors (Lipinski definition) is 4. The zero-order valence-electron chi connectivity index (χ0n) is 10.5. The summed E-state index contributed by atoms with van der Waals surface area (Å²) in [6.45, 7) is 4.36. The van der Waals surface area contributed by atoms with Crippen molar-refractivity contribution in [3.63, 3.8) is 0 Å². The van der Waals surface area contributed by atoms with E-state index in [9.17, 15) is 0 Å². The molecule has 0 radical (unpaired) electrons. The molecule has 0 saturated carbocycles. The third-order valence-corrected chi connectivity index (χ3v) is 2.35. The highest BCUT2D eigenvalue weighted by Gasteiger charge is 1.92. The minimum absolute atomic E-state index is 0.628. The standard InChI is InChI=1S/C12H28N2O2/c13-7-11-15-9-5-3-1-2-4-6-10-16-12-8-14/h1-14H2. The molecule has 4 nitrogen and oxygen atoms in total. The van der Waals surface area contributed by atoms with Crippen LogP contribution in [0.4, 0.5) is 0 Å². The Bertz CT molecular complexity index is 110. The Labute approximate surface area is 99.7 Å². The van der Waals surface area contributed by atoms with Gasteiger partial charge in [-0.1, -0.05) is 25.7 Å². The Hall–Kier alpha value is -0.160. The van der Waals surface area contributed by atoms with E-state index in [1.807, 2.05) is 0 Å². The van der Waals surface area contributed by atoms with Gasteiger partial charge in [0, 0.05) is 26.3 Å². The molecule has 4 heteroatoms. The first-order valence-electron chi connectivity index (χ1n) is 6.47. The number of ether oxygens (including phenoxy) is 2. The molecule has 0 aliphatic carbocycles. The minimum atomic E-state index is 0.628. The Balaban J connectivity index is 2.83. The van der Waals surface area contributed by atoms with E-state index in [1.165, 1.54) is 25.7 Å². The van der Waals surface area contributed by atoms with Crippen molar-refractivity contribution in [2.45, 2.75) is 38.5 Å². The van der Waals surface area contributed by atoms with Crippen LogP contribution in [0.1, 0.15) is 38.5 Å². The highest BCUT2D eigenvalue weighted by molar-refractivity contribution is 4.45. The molecule has 0 unspecified atom stereocenters. The van der Waals surface area contributed by atoms with Gasteiger partial charge in [0.2, 0.25) is 0 Å². The lowest BCUT2D eigenvalue weighted by atomic mass is 10.1. The van der Waals surface area contributed by atoms with Crippen LogP contribution in [-0.2, 0) is 9.47 Å². The van der Waals surface area contributed by atoms with Gasteiger partial charge < -0.3 is 20.9 Å². The van der Waals surface area contributed by atoms with Gasteiger partial charge in [0.1, 0.15) is 0 Å². The third kappa shape index (κ3) is 13.8. The van der Waals surface area contributed by atoms with Gasteiger partial charge in [-0.25, -0.2) is 0 Å². The van der Waals surface area contributed by atoms with Gasteiger partial charge >= 0.3 is 0 Å². The average molecular weight is 232 g/mol. The molecule has 0 spiro atoms. The first-order chi connectivity index (χ1) is 7.91. The summed E-state index contributed by atoms with van der Waals surface area (Å²) in [5, 5.41) is 0. The van der Waals surface area contributed by atoms with Crippen LogP contribution in [0.2, 0.25) is 0 Å². The predicted octanol–water partition coefficient (Wildman–Crippen LogP) is 1.28. The van der Waals surface area contributed by atoms with Crippen LogP contribution in [0.5, 0.6) is 0 Å². The highest BCUT2D eigenvalue weighted by atomic mass is 16.5. The fourth-order valence-corrected chi connectivity index (χ4v) is 1.49. The lowest BCUT2D eigenvalue weighted by Crippen LogP contribution is -2.09. The molecule has 0 atom stereocenters. The van der Waals surface area contributed by atoms with Crippen molar-refractivity contribution in [3.05, 3.63) is 0 Å². The zero-order valence-corrected chi connectivity index (χ0v) is 10.5. The van der Waals surface area contributed by atoms with Crippen LogP contribution in [0.15, 0.2) is 0 Å². The van der Waals surface area contributed by atoms with E-state index < -0.39 is 0 Å². The fraction of sp³-hybridized carbons (Fsp3) is 1.00. The zero-order chi connectivity index (χ0) is 11.9. The van der Waals surface area contributed by atoms with Crippen LogP contribution in [0, 0.1) is 0 Å². The van der Waals surface area contributed by atoms with Crippen molar-refractivity contribution in [1.82, 2.24) is 0 Å². The van der Waals surface area contributed by atoms with Crippen molar-refractivity contribution in [2.24, 2.45) is 11.5 Å². The summed E-state index contributed by atoms with van der Waals surface area (Å²) >= 11 is 0. The second kappa shape index (κ2) is 14.8. The van der Waals surface area contributed by atoms with Crippen molar-refractivity contribution < 1.29 is 9.47 Å². The first-order valence-corrected chi connectivity index (χ1v) is 6.47. The quantitative estimate of drug-likeness (QED) is 0.469. The van der Waals surface area contributed by atoms with Gasteiger partial charge in [0.15, 0.2) is 0 Å². The molecule has 0 heterocycles. The first kappa shape index (κ1) is 15.8. The molecular weight excluding hydrogens is 204 g/mol. The molecule has 0 fully saturated rings. The summed E-state index contributed by atoms with van der Waals surface area (Å²) in [6, 6.07) is 0. The van der Waals surface area contributed by atoms with Crippen molar-refractivity contribution >= 4 is 0 Å². The van der Waals surface area contributed by atoms with Gasteiger partial charge in [0.05, 0.1) is 13.2 Å². The largest absolute Gasteiger partial charge is 0.380 e. The number of rotatable bonds is 13. The summed E-state index contributed by atoms with van der Waals surface area (Å²) in [5.74, 6) is 0. The second-order valence-electron chi connectivity index (χ2n) is 3.92. The monoisotopic (exact) mass is 232 g/mol. The van der Waals surface area contributed by atoms with Gasteiger partial charge in [-0.05, 0) is 12.8 Å². The van der Waals surface area contributed by atoms with E-state index in [0.29, 0.717) is 26.3 Å². The van der Waals surface area contributed by atoms with Crippen LogP contribution < -0.4 is 11.5 Å². The summed E-state index contributed by atoms with van der Waals surface area (Å²) in [5.41, 5.74) is 10.6. The molecule has 0 aromatic heterocycles. The van der Waals surface area contributed by atoms with Crippen molar-refractivity contribution in [2.75, 3.05) is 39.5 Å². The maximum Gasteiger partial charge on any atom is 0.0588 e. The molecule has 0 amide bonds. The fourth-order valence-electron chi connectivity index (χ4n) is 1.49. The summed E-state index contributed by atoms with van der Waals surface area (Å²) < 4.78 is 10.6. The van der Waals surface area contributed by atoms with Gasteiger partial charge in [-0.3, -0.25) is 0 Å². The van der Waals surface area contributed by atoms with Crippen LogP contribution in [-0.4, -0.2) is 39.5 Å². The van der Waals surface area contributed by atoms with E-state index in [1.54, 1.807) is 0 Å². The van der Waals surface area contributed by atoms with Crippen LogP contribution in [0.25, 0.3) is 0 Å². The lowest BCUT2D eigenvalue weighted by Gasteiger charge is -2.04. The minimum Gasteiger partial charge on any atom is -0.380 e. The number of nitrogens with two attached hydrogens (primary N) is 2. The topological polar surface area (TPSA) is 70.5 Å². The number of hydrogen-bond donors (Lipinski definition) is 2. The maximum atomic E-state index is 5.31. The van der Waals surface area contributed by atoms with E-state index in [4.69, 9.17) is 20.9 Å². The molecular formula is C12H28N2O2. The van der Waals surface area contributed by atoms with E-state index >= 15 is 0 Å².